The van der Waals surface area contributed by atoms with Crippen LogP contribution in [0, 0.1) is 0 Å². The van der Waals surface area contributed by atoms with Crippen molar-refractivity contribution in [2.75, 3.05) is 6.61 Å². The van der Waals surface area contributed by atoms with E-state index in [1.807, 2.05) is 6.08 Å². The van der Waals surface area contributed by atoms with Gasteiger partial charge in [0.2, 0.25) is 5.91 Å². The third kappa shape index (κ3) is 29.2. The molecule has 5 heteroatoms. The number of unbranched alkanes of at least 4 members (excludes halogenated alkanes) is 24. The Hall–Kier alpha value is -0.910. The topological polar surface area (TPSA) is 89.8 Å². The Balaban J connectivity index is 3.69. The number of hydrogen-bond donors (Lipinski definition) is 4. The van der Waals surface area contributed by atoms with E-state index in [-0.39, 0.29) is 18.9 Å². The lowest BCUT2D eigenvalue weighted by atomic mass is 10.0. The molecule has 5 nitrogen and oxygen atoms in total. The summed E-state index contributed by atoms with van der Waals surface area (Å²) in [7, 11) is 0. The molecule has 250 valence electrons. The number of carbonyl (C=O) groups is 1. The minimum Gasteiger partial charge on any atom is -0.394 e. The van der Waals surface area contributed by atoms with Crippen molar-refractivity contribution >= 4 is 5.91 Å². The van der Waals surface area contributed by atoms with Crippen LogP contribution in [0.15, 0.2) is 12.2 Å². The van der Waals surface area contributed by atoms with Crippen molar-refractivity contribution in [2.24, 2.45) is 0 Å². The summed E-state index contributed by atoms with van der Waals surface area (Å²) in [6, 6.07) is -0.737. The Morgan fingerprint density at radius 3 is 1.38 bits per heavy atom. The molecule has 42 heavy (non-hydrogen) atoms. The third-order valence-corrected chi connectivity index (χ3v) is 8.57. The first-order valence-corrected chi connectivity index (χ1v) is 18.5. The molecule has 0 saturated heterocycles. The fourth-order valence-corrected chi connectivity index (χ4v) is 5.69. The van der Waals surface area contributed by atoms with Gasteiger partial charge in [0.1, 0.15) is 0 Å². The molecule has 0 fully saturated rings. The lowest BCUT2D eigenvalue weighted by Crippen LogP contribution is -2.45. The standard InChI is InChI=1S/C37H73NO4/c1-3-5-7-9-11-13-14-15-16-17-18-19-20-21-23-25-27-29-31-36(41)35(33-39)38-37(42)32-34(40)30-28-26-24-22-12-10-8-6-4-2/h29,31,34-36,39-41H,3-28,30,32-33H2,1-2H3,(H,38,42)/b31-29+. The summed E-state index contributed by atoms with van der Waals surface area (Å²) in [5.74, 6) is -0.317. The monoisotopic (exact) mass is 596 g/mol. The van der Waals surface area contributed by atoms with Gasteiger partial charge in [0.25, 0.3) is 0 Å². The van der Waals surface area contributed by atoms with Crippen molar-refractivity contribution in [2.45, 2.75) is 212 Å². The summed E-state index contributed by atoms with van der Waals surface area (Å²) in [6.45, 7) is 4.18. The van der Waals surface area contributed by atoms with Crippen LogP contribution < -0.4 is 5.32 Å². The van der Waals surface area contributed by atoms with Crippen LogP contribution in [-0.4, -0.2) is 46.1 Å². The van der Waals surface area contributed by atoms with Gasteiger partial charge in [-0.2, -0.15) is 0 Å². The molecular formula is C37H73NO4. The largest absolute Gasteiger partial charge is 0.394 e. The normalized spacial score (nSPS) is 13.9. The molecular weight excluding hydrogens is 522 g/mol. The van der Waals surface area contributed by atoms with Crippen molar-refractivity contribution in [1.82, 2.24) is 5.32 Å². The Labute approximate surface area is 261 Å². The Bertz CT molecular complexity index is 582. The first-order valence-electron chi connectivity index (χ1n) is 18.5. The summed E-state index contributed by atoms with van der Waals surface area (Å²) < 4.78 is 0. The van der Waals surface area contributed by atoms with E-state index in [2.05, 4.69) is 19.2 Å². The maximum atomic E-state index is 12.3. The highest BCUT2D eigenvalue weighted by molar-refractivity contribution is 5.76. The molecule has 0 aromatic rings. The van der Waals surface area contributed by atoms with Gasteiger partial charge in [0.05, 0.1) is 31.3 Å². The fourth-order valence-electron chi connectivity index (χ4n) is 5.69. The van der Waals surface area contributed by atoms with Gasteiger partial charge in [-0.25, -0.2) is 0 Å². The van der Waals surface area contributed by atoms with E-state index < -0.39 is 18.2 Å². The average Bonchev–Trinajstić information content (AvgIpc) is 2.98. The second-order valence-corrected chi connectivity index (χ2v) is 12.8. The Kier molecular flexibility index (Phi) is 32.3. The van der Waals surface area contributed by atoms with Gasteiger partial charge < -0.3 is 20.6 Å². The fraction of sp³-hybridized carbons (Fsp3) is 0.919. The highest BCUT2D eigenvalue weighted by atomic mass is 16.3. The molecule has 0 aromatic carbocycles. The summed E-state index contributed by atoms with van der Waals surface area (Å²) in [4.78, 5) is 12.3. The summed E-state index contributed by atoms with van der Waals surface area (Å²) in [5, 5.41) is 33.0. The number of carbonyl (C=O) groups excluding carboxylic acids is 1. The number of hydrogen-bond acceptors (Lipinski definition) is 4. The van der Waals surface area contributed by atoms with E-state index in [9.17, 15) is 20.1 Å². The van der Waals surface area contributed by atoms with Crippen LogP contribution in [0.25, 0.3) is 0 Å². The smallest absolute Gasteiger partial charge is 0.222 e. The zero-order valence-corrected chi connectivity index (χ0v) is 28.1. The summed E-state index contributed by atoms with van der Waals surface area (Å²) in [6.07, 6.45) is 36.3. The number of nitrogens with one attached hydrogen (secondary N) is 1. The van der Waals surface area contributed by atoms with E-state index in [4.69, 9.17) is 0 Å². The highest BCUT2D eigenvalue weighted by Gasteiger charge is 2.20. The lowest BCUT2D eigenvalue weighted by molar-refractivity contribution is -0.124. The molecule has 0 radical (unpaired) electrons. The van der Waals surface area contributed by atoms with Gasteiger partial charge in [-0.3, -0.25) is 4.79 Å². The Morgan fingerprint density at radius 2 is 0.976 bits per heavy atom. The first kappa shape index (κ1) is 41.1. The predicted molar refractivity (Wildman–Crippen MR) is 181 cm³/mol. The van der Waals surface area contributed by atoms with Crippen LogP contribution in [-0.2, 0) is 4.79 Å². The van der Waals surface area contributed by atoms with Crippen molar-refractivity contribution in [1.29, 1.82) is 0 Å². The van der Waals surface area contributed by atoms with Crippen molar-refractivity contribution in [3.05, 3.63) is 12.2 Å². The van der Waals surface area contributed by atoms with Crippen LogP contribution >= 0.6 is 0 Å². The molecule has 1 amide bonds. The van der Waals surface area contributed by atoms with Crippen molar-refractivity contribution < 1.29 is 20.1 Å². The molecule has 0 aromatic heterocycles. The van der Waals surface area contributed by atoms with Gasteiger partial charge in [0.15, 0.2) is 0 Å². The summed E-state index contributed by atoms with van der Waals surface area (Å²) >= 11 is 0. The average molecular weight is 596 g/mol. The molecule has 0 aliphatic rings. The van der Waals surface area contributed by atoms with Crippen molar-refractivity contribution in [3.63, 3.8) is 0 Å². The highest BCUT2D eigenvalue weighted by Crippen LogP contribution is 2.15. The third-order valence-electron chi connectivity index (χ3n) is 8.57. The quantitative estimate of drug-likeness (QED) is 0.0449. The predicted octanol–water partition coefficient (Wildman–Crippen LogP) is 9.70. The molecule has 0 spiro atoms. The minimum absolute atomic E-state index is 0.0170. The number of aliphatic hydroxyl groups excluding tert-OH is 3. The minimum atomic E-state index is -0.922. The molecule has 0 aliphatic heterocycles. The van der Waals surface area contributed by atoms with E-state index in [0.29, 0.717) is 6.42 Å². The van der Waals surface area contributed by atoms with E-state index in [1.165, 1.54) is 141 Å². The maximum Gasteiger partial charge on any atom is 0.222 e. The SMILES string of the molecule is CCCCCCCCCCCCCCCCCC/C=C/C(O)C(CO)NC(=O)CC(O)CCCCCCCCCCC. The van der Waals surface area contributed by atoms with Crippen LogP contribution in [0.2, 0.25) is 0 Å². The van der Waals surface area contributed by atoms with Crippen molar-refractivity contribution in [3.8, 4) is 0 Å². The molecule has 0 rings (SSSR count). The molecule has 0 saturated carbocycles. The van der Waals surface area contributed by atoms with Crippen LogP contribution in [0.5, 0.6) is 0 Å². The number of aliphatic hydroxyl groups is 3. The molecule has 3 atom stereocenters. The van der Waals surface area contributed by atoms with Gasteiger partial charge in [-0.05, 0) is 19.3 Å². The van der Waals surface area contributed by atoms with Crippen LogP contribution in [0.1, 0.15) is 194 Å². The van der Waals surface area contributed by atoms with Gasteiger partial charge in [-0.15, -0.1) is 0 Å². The second kappa shape index (κ2) is 33.0. The Morgan fingerprint density at radius 1 is 0.595 bits per heavy atom. The van der Waals surface area contributed by atoms with Gasteiger partial charge in [-0.1, -0.05) is 180 Å². The van der Waals surface area contributed by atoms with Gasteiger partial charge >= 0.3 is 0 Å². The first-order chi connectivity index (χ1) is 20.5. The number of amides is 1. The van der Waals surface area contributed by atoms with Crippen LogP contribution in [0.3, 0.4) is 0 Å². The molecule has 0 bridgehead atoms. The van der Waals surface area contributed by atoms with E-state index >= 15 is 0 Å². The molecule has 0 aliphatic carbocycles. The second-order valence-electron chi connectivity index (χ2n) is 12.8. The molecule has 0 heterocycles. The zero-order chi connectivity index (χ0) is 30.9. The van der Waals surface area contributed by atoms with E-state index in [1.54, 1.807) is 6.08 Å². The molecule has 4 N–H and O–H groups in total. The number of allylic oxidation sites excluding steroid dienone is 1. The van der Waals surface area contributed by atoms with Gasteiger partial charge in [0, 0.05) is 0 Å². The van der Waals surface area contributed by atoms with Crippen LogP contribution in [0.4, 0.5) is 0 Å². The molecule has 3 unspecified atom stereocenters. The zero-order valence-electron chi connectivity index (χ0n) is 28.1. The number of rotatable bonds is 33. The summed E-state index contributed by atoms with van der Waals surface area (Å²) in [5.41, 5.74) is 0. The maximum absolute atomic E-state index is 12.3. The lowest BCUT2D eigenvalue weighted by Gasteiger charge is -2.21. The van der Waals surface area contributed by atoms with E-state index in [0.717, 1.165) is 25.7 Å².